The van der Waals surface area contributed by atoms with Crippen LogP contribution in [0.3, 0.4) is 0 Å². The second-order valence-corrected chi connectivity index (χ2v) is 6.94. The van der Waals surface area contributed by atoms with Crippen molar-refractivity contribution in [3.8, 4) is 17.0 Å². The number of rotatable bonds is 2. The van der Waals surface area contributed by atoms with Crippen molar-refractivity contribution < 1.29 is 9.53 Å². The lowest BCUT2D eigenvalue weighted by molar-refractivity contribution is 0.100. The molecule has 5 nitrogen and oxygen atoms in total. The maximum Gasteiger partial charge on any atom is 0.248 e. The fourth-order valence-corrected chi connectivity index (χ4v) is 3.37. The molecule has 1 amide bonds. The van der Waals surface area contributed by atoms with Crippen molar-refractivity contribution in [1.82, 2.24) is 10.2 Å². The van der Waals surface area contributed by atoms with E-state index < -0.39 is 5.91 Å². The molecule has 0 fully saturated rings. The first kappa shape index (κ1) is 15.4. The van der Waals surface area contributed by atoms with Gasteiger partial charge in [0.25, 0.3) is 0 Å². The van der Waals surface area contributed by atoms with Crippen LogP contribution in [0, 0.1) is 0 Å². The molecule has 2 heterocycles. The molecular weight excluding hydrogens is 314 g/mol. The summed E-state index contributed by atoms with van der Waals surface area (Å²) in [6.07, 6.45) is 2.12. The number of carbonyl (C=O) groups is 1. The Hall–Kier alpha value is -3.08. The molecule has 5 heteroatoms. The van der Waals surface area contributed by atoms with Crippen LogP contribution in [-0.2, 0) is 0 Å². The second kappa shape index (κ2) is 5.21. The van der Waals surface area contributed by atoms with Crippen LogP contribution in [0.1, 0.15) is 36.7 Å². The summed E-state index contributed by atoms with van der Waals surface area (Å²) in [6, 6.07) is 11.3. The van der Waals surface area contributed by atoms with Gasteiger partial charge in [-0.1, -0.05) is 0 Å². The van der Waals surface area contributed by atoms with Crippen LogP contribution in [0.15, 0.2) is 42.5 Å². The Bertz CT molecular complexity index is 1040. The van der Waals surface area contributed by atoms with Gasteiger partial charge in [-0.3, -0.25) is 9.89 Å². The predicted octanol–water partition coefficient (Wildman–Crippen LogP) is 3.90. The predicted molar refractivity (Wildman–Crippen MR) is 98.4 cm³/mol. The highest BCUT2D eigenvalue weighted by Gasteiger charge is 2.25. The van der Waals surface area contributed by atoms with Crippen molar-refractivity contribution in [1.29, 1.82) is 0 Å². The zero-order valence-electron chi connectivity index (χ0n) is 14.4. The number of hydrogen-bond acceptors (Lipinski definition) is 3. The molecule has 3 aromatic rings. The average Bonchev–Trinajstić information content (AvgIpc) is 2.96. The Morgan fingerprint density at radius 3 is 2.76 bits per heavy atom. The van der Waals surface area contributed by atoms with E-state index in [0.717, 1.165) is 33.5 Å². The van der Waals surface area contributed by atoms with Gasteiger partial charge in [-0.05, 0) is 68.8 Å². The number of fused-ring (bicyclic) bond motifs is 2. The molecule has 0 saturated heterocycles. The monoisotopic (exact) mass is 333 g/mol. The maximum atomic E-state index is 11.5. The highest BCUT2D eigenvalue weighted by atomic mass is 16.5. The molecule has 0 atom stereocenters. The number of hydrogen-bond donors (Lipinski definition) is 2. The standard InChI is InChI=1S/C20H19N3O2/c1-11-10-20(2,3)25-17-7-5-12(8-14(11)17)18-15-9-13(19(21)24)4-6-16(15)22-23-18/h4-10H,1-3H3,(H2,21,24)(H,22,23). The Morgan fingerprint density at radius 1 is 1.20 bits per heavy atom. The minimum absolute atomic E-state index is 0.311. The number of nitrogens with zero attached hydrogens (tertiary/aromatic N) is 1. The van der Waals surface area contributed by atoms with E-state index in [9.17, 15) is 4.79 Å². The van der Waals surface area contributed by atoms with E-state index in [1.54, 1.807) is 12.1 Å². The normalized spacial score (nSPS) is 15.4. The fourth-order valence-electron chi connectivity index (χ4n) is 3.37. The number of nitrogens with one attached hydrogen (secondary N) is 1. The van der Waals surface area contributed by atoms with Crippen molar-refractivity contribution in [3.63, 3.8) is 0 Å². The van der Waals surface area contributed by atoms with E-state index >= 15 is 0 Å². The summed E-state index contributed by atoms with van der Waals surface area (Å²) in [5, 5.41) is 8.31. The van der Waals surface area contributed by atoms with Crippen molar-refractivity contribution in [2.24, 2.45) is 5.73 Å². The fraction of sp³-hybridized carbons (Fsp3) is 0.200. The van der Waals surface area contributed by atoms with E-state index in [1.807, 2.05) is 32.0 Å². The number of benzene rings is 2. The number of nitrogens with two attached hydrogens (primary N) is 1. The van der Waals surface area contributed by atoms with E-state index in [4.69, 9.17) is 10.5 Å². The van der Waals surface area contributed by atoms with Gasteiger partial charge in [0, 0.05) is 22.1 Å². The molecule has 25 heavy (non-hydrogen) atoms. The molecule has 1 aliphatic heterocycles. The highest BCUT2D eigenvalue weighted by Crippen LogP contribution is 2.39. The SMILES string of the molecule is CC1=CC(C)(C)Oc2ccc(-c3n[nH]c4ccc(C(N)=O)cc34)cc21. The lowest BCUT2D eigenvalue weighted by Gasteiger charge is -2.30. The van der Waals surface area contributed by atoms with E-state index in [1.165, 1.54) is 5.57 Å². The number of aromatic nitrogens is 2. The molecule has 0 radical (unpaired) electrons. The highest BCUT2D eigenvalue weighted by molar-refractivity contribution is 6.01. The quantitative estimate of drug-likeness (QED) is 0.746. The van der Waals surface area contributed by atoms with Gasteiger partial charge < -0.3 is 10.5 Å². The molecule has 1 aromatic heterocycles. The molecule has 1 aliphatic rings. The summed E-state index contributed by atoms with van der Waals surface area (Å²) in [5.74, 6) is 0.417. The van der Waals surface area contributed by atoms with Crippen molar-refractivity contribution >= 4 is 22.4 Å². The van der Waals surface area contributed by atoms with Crippen LogP contribution in [0.25, 0.3) is 27.7 Å². The number of aromatic amines is 1. The van der Waals surface area contributed by atoms with Gasteiger partial charge in [0.2, 0.25) is 5.91 Å². The summed E-state index contributed by atoms with van der Waals surface area (Å²) in [5.41, 5.74) is 10.4. The second-order valence-electron chi connectivity index (χ2n) is 6.94. The summed E-state index contributed by atoms with van der Waals surface area (Å²) >= 11 is 0. The molecule has 3 N–H and O–H groups in total. The smallest absolute Gasteiger partial charge is 0.248 e. The van der Waals surface area contributed by atoms with Crippen LogP contribution in [0.5, 0.6) is 5.75 Å². The van der Waals surface area contributed by atoms with Crippen LogP contribution >= 0.6 is 0 Å². The van der Waals surface area contributed by atoms with Gasteiger partial charge in [-0.25, -0.2) is 0 Å². The lowest BCUT2D eigenvalue weighted by atomic mass is 9.93. The van der Waals surface area contributed by atoms with Crippen LogP contribution in [0.2, 0.25) is 0 Å². The Balaban J connectivity index is 1.86. The van der Waals surface area contributed by atoms with Gasteiger partial charge in [-0.15, -0.1) is 0 Å². The summed E-state index contributed by atoms with van der Waals surface area (Å²) in [6.45, 7) is 6.17. The summed E-state index contributed by atoms with van der Waals surface area (Å²) in [7, 11) is 0. The minimum atomic E-state index is -0.450. The van der Waals surface area contributed by atoms with Gasteiger partial charge in [0.1, 0.15) is 11.4 Å². The van der Waals surface area contributed by atoms with Gasteiger partial charge in [-0.2, -0.15) is 5.10 Å². The molecule has 0 spiro atoms. The first-order valence-electron chi connectivity index (χ1n) is 8.15. The van der Waals surface area contributed by atoms with E-state index in [2.05, 4.69) is 29.3 Å². The summed E-state index contributed by atoms with van der Waals surface area (Å²) < 4.78 is 6.03. The third-order valence-electron chi connectivity index (χ3n) is 4.46. The van der Waals surface area contributed by atoms with Gasteiger partial charge >= 0.3 is 0 Å². The molecular formula is C20H19N3O2. The summed E-state index contributed by atoms with van der Waals surface area (Å²) in [4.78, 5) is 11.5. The maximum absolute atomic E-state index is 11.5. The number of ether oxygens (including phenoxy) is 1. The number of carbonyl (C=O) groups excluding carboxylic acids is 1. The number of amides is 1. The lowest BCUT2D eigenvalue weighted by Crippen LogP contribution is -2.28. The first-order chi connectivity index (χ1) is 11.8. The molecule has 126 valence electrons. The largest absolute Gasteiger partial charge is 0.483 e. The van der Waals surface area contributed by atoms with Crippen molar-refractivity contribution in [2.75, 3.05) is 0 Å². The van der Waals surface area contributed by atoms with Gasteiger partial charge in [0.05, 0.1) is 11.2 Å². The van der Waals surface area contributed by atoms with Crippen molar-refractivity contribution in [3.05, 3.63) is 53.6 Å². The number of primary amides is 1. The Labute approximate surface area is 145 Å². The van der Waals surface area contributed by atoms with Crippen LogP contribution in [0.4, 0.5) is 0 Å². The van der Waals surface area contributed by atoms with E-state index in [0.29, 0.717) is 5.56 Å². The number of H-pyrrole nitrogens is 1. The Kier molecular flexibility index (Phi) is 3.22. The van der Waals surface area contributed by atoms with Crippen LogP contribution < -0.4 is 10.5 Å². The third kappa shape index (κ3) is 2.58. The Morgan fingerprint density at radius 2 is 2.00 bits per heavy atom. The zero-order valence-corrected chi connectivity index (χ0v) is 14.4. The number of allylic oxidation sites excluding steroid dienone is 1. The third-order valence-corrected chi connectivity index (χ3v) is 4.46. The van der Waals surface area contributed by atoms with Crippen LogP contribution in [-0.4, -0.2) is 21.7 Å². The average molecular weight is 333 g/mol. The van der Waals surface area contributed by atoms with E-state index in [-0.39, 0.29) is 5.60 Å². The van der Waals surface area contributed by atoms with Gasteiger partial charge in [0.15, 0.2) is 0 Å². The molecule has 0 saturated carbocycles. The van der Waals surface area contributed by atoms with Crippen molar-refractivity contribution in [2.45, 2.75) is 26.4 Å². The minimum Gasteiger partial charge on any atom is -0.483 e. The molecule has 0 aliphatic carbocycles. The molecule has 0 unspecified atom stereocenters. The zero-order chi connectivity index (χ0) is 17.8. The molecule has 4 rings (SSSR count). The molecule has 2 aromatic carbocycles. The topological polar surface area (TPSA) is 81.0 Å². The molecule has 0 bridgehead atoms. The first-order valence-corrected chi connectivity index (χ1v) is 8.15.